The van der Waals surface area contributed by atoms with E-state index >= 15 is 0 Å². The second-order valence-corrected chi connectivity index (χ2v) is 7.81. The lowest BCUT2D eigenvalue weighted by Gasteiger charge is -2.40. The molecule has 2 saturated heterocycles. The highest BCUT2D eigenvalue weighted by atomic mass is 127. The van der Waals surface area contributed by atoms with Crippen molar-refractivity contribution in [3.8, 4) is 5.75 Å². The van der Waals surface area contributed by atoms with E-state index in [1.807, 2.05) is 25.2 Å². The van der Waals surface area contributed by atoms with Gasteiger partial charge in [-0.15, -0.1) is 24.0 Å². The van der Waals surface area contributed by atoms with E-state index in [9.17, 15) is 4.79 Å². The second-order valence-electron chi connectivity index (χ2n) is 7.81. The maximum atomic E-state index is 11.7. The quantitative estimate of drug-likeness (QED) is 0.289. The number of nitrogens with zero attached hydrogens (tertiary/aromatic N) is 2. The van der Waals surface area contributed by atoms with Gasteiger partial charge >= 0.3 is 0 Å². The number of carbonyl (C=O) groups excluding carboxylic acids is 1. The van der Waals surface area contributed by atoms with E-state index in [4.69, 9.17) is 4.74 Å². The Kier molecular flexibility index (Phi) is 7.21. The van der Waals surface area contributed by atoms with Gasteiger partial charge in [0.15, 0.2) is 5.96 Å². The standard InChI is InChI=1S/C22H28N4O2.HI/c1-23-21(26-11-4-9-22(16-26)14-20(27)25-15-22)24-10-12-28-19-8-7-17-5-2-3-6-18(17)13-19;/h2-3,5-8,13H,4,9-12,14-16H2,1H3,(H,23,24)(H,25,27);1H. The molecule has 0 aliphatic carbocycles. The van der Waals surface area contributed by atoms with Crippen molar-refractivity contribution >= 4 is 46.6 Å². The summed E-state index contributed by atoms with van der Waals surface area (Å²) in [4.78, 5) is 18.4. The van der Waals surface area contributed by atoms with Crippen LogP contribution in [-0.2, 0) is 4.79 Å². The van der Waals surface area contributed by atoms with Gasteiger partial charge in [-0.25, -0.2) is 0 Å². The lowest BCUT2D eigenvalue weighted by molar-refractivity contribution is -0.119. The molecule has 0 radical (unpaired) electrons. The number of amides is 1. The van der Waals surface area contributed by atoms with Crippen molar-refractivity contribution in [1.82, 2.24) is 15.5 Å². The Hall–Kier alpha value is -2.03. The molecule has 156 valence electrons. The number of carbonyl (C=O) groups is 1. The first-order chi connectivity index (χ1) is 13.7. The van der Waals surface area contributed by atoms with Crippen LogP contribution in [0.25, 0.3) is 10.8 Å². The van der Waals surface area contributed by atoms with Crippen LogP contribution in [0.4, 0.5) is 0 Å². The molecule has 7 heteroatoms. The zero-order valence-corrected chi connectivity index (χ0v) is 19.1. The van der Waals surface area contributed by atoms with Crippen molar-refractivity contribution in [2.75, 3.05) is 39.8 Å². The molecule has 2 aromatic rings. The third kappa shape index (κ3) is 5.12. The number of likely N-dealkylation sites (tertiary alicyclic amines) is 1. The maximum Gasteiger partial charge on any atom is 0.220 e. The number of guanidine groups is 1. The van der Waals surface area contributed by atoms with E-state index in [0.717, 1.165) is 44.2 Å². The van der Waals surface area contributed by atoms with E-state index in [1.54, 1.807) is 0 Å². The van der Waals surface area contributed by atoms with Crippen LogP contribution >= 0.6 is 24.0 Å². The molecule has 2 heterocycles. The van der Waals surface area contributed by atoms with Crippen LogP contribution in [0.5, 0.6) is 5.75 Å². The summed E-state index contributed by atoms with van der Waals surface area (Å²) >= 11 is 0. The number of halogens is 1. The van der Waals surface area contributed by atoms with Gasteiger partial charge in [0.1, 0.15) is 12.4 Å². The largest absolute Gasteiger partial charge is 0.492 e. The molecule has 2 fully saturated rings. The van der Waals surface area contributed by atoms with Crippen LogP contribution < -0.4 is 15.4 Å². The fourth-order valence-electron chi connectivity index (χ4n) is 4.35. The van der Waals surface area contributed by atoms with Gasteiger partial charge in [-0.1, -0.05) is 30.3 Å². The van der Waals surface area contributed by atoms with Crippen LogP contribution in [0.2, 0.25) is 0 Å². The smallest absolute Gasteiger partial charge is 0.220 e. The van der Waals surface area contributed by atoms with Crippen molar-refractivity contribution < 1.29 is 9.53 Å². The molecular weight excluding hydrogens is 479 g/mol. The van der Waals surface area contributed by atoms with E-state index in [2.05, 4.69) is 44.8 Å². The van der Waals surface area contributed by atoms with E-state index in [1.165, 1.54) is 10.8 Å². The normalized spacial score (nSPS) is 21.8. The molecule has 1 unspecified atom stereocenters. The van der Waals surface area contributed by atoms with Crippen molar-refractivity contribution in [2.24, 2.45) is 10.4 Å². The molecule has 2 aliphatic rings. The Bertz CT molecular complexity index is 888. The molecule has 1 spiro atoms. The number of aliphatic imine (C=N–C) groups is 1. The molecule has 2 N–H and O–H groups in total. The summed E-state index contributed by atoms with van der Waals surface area (Å²) in [6.07, 6.45) is 2.82. The van der Waals surface area contributed by atoms with E-state index in [0.29, 0.717) is 19.6 Å². The molecule has 2 aliphatic heterocycles. The van der Waals surface area contributed by atoms with Crippen molar-refractivity contribution in [3.05, 3.63) is 42.5 Å². The SMILES string of the molecule is CN=C(NCCOc1ccc2ccccc2c1)N1CCCC2(CNC(=O)C2)C1.I. The number of piperidine rings is 1. The highest BCUT2D eigenvalue weighted by Crippen LogP contribution is 2.35. The molecule has 0 aromatic heterocycles. The Morgan fingerprint density at radius 1 is 1.28 bits per heavy atom. The molecular formula is C22H29IN4O2. The molecule has 0 bridgehead atoms. The summed E-state index contributed by atoms with van der Waals surface area (Å²) in [7, 11) is 1.81. The Balaban J connectivity index is 0.00000240. The zero-order chi connectivity index (χ0) is 19.4. The molecule has 0 saturated carbocycles. The van der Waals surface area contributed by atoms with Crippen LogP contribution in [0.1, 0.15) is 19.3 Å². The summed E-state index contributed by atoms with van der Waals surface area (Å²) in [5.41, 5.74) is 0.0640. The second kappa shape index (κ2) is 9.65. The summed E-state index contributed by atoms with van der Waals surface area (Å²) in [6.45, 7) is 3.87. The average Bonchev–Trinajstić information content (AvgIpc) is 3.07. The zero-order valence-electron chi connectivity index (χ0n) is 16.8. The first kappa shape index (κ1) is 21.7. The van der Waals surface area contributed by atoms with Gasteiger partial charge in [-0.2, -0.15) is 0 Å². The highest BCUT2D eigenvalue weighted by molar-refractivity contribution is 14.0. The fraction of sp³-hybridized carbons (Fsp3) is 0.455. The third-order valence-corrected chi connectivity index (χ3v) is 5.74. The lowest BCUT2D eigenvalue weighted by atomic mass is 9.79. The van der Waals surface area contributed by atoms with Gasteiger partial charge in [0.25, 0.3) is 0 Å². The van der Waals surface area contributed by atoms with Gasteiger partial charge < -0.3 is 20.3 Å². The average molecular weight is 508 g/mol. The summed E-state index contributed by atoms with van der Waals surface area (Å²) in [5, 5.41) is 8.80. The number of nitrogens with one attached hydrogen (secondary N) is 2. The number of benzene rings is 2. The van der Waals surface area contributed by atoms with Gasteiger partial charge in [-0.05, 0) is 35.7 Å². The van der Waals surface area contributed by atoms with Crippen molar-refractivity contribution in [2.45, 2.75) is 19.3 Å². The summed E-state index contributed by atoms with van der Waals surface area (Å²) in [5.74, 6) is 1.94. The minimum atomic E-state index is 0. The molecule has 2 aromatic carbocycles. The lowest BCUT2D eigenvalue weighted by Crippen LogP contribution is -2.51. The summed E-state index contributed by atoms with van der Waals surface area (Å²) < 4.78 is 5.91. The Labute approximate surface area is 189 Å². The number of fused-ring (bicyclic) bond motifs is 1. The molecule has 29 heavy (non-hydrogen) atoms. The molecule has 1 atom stereocenters. The van der Waals surface area contributed by atoms with Gasteiger partial charge in [0.05, 0.1) is 6.54 Å². The highest BCUT2D eigenvalue weighted by Gasteiger charge is 2.42. The Morgan fingerprint density at radius 2 is 2.10 bits per heavy atom. The third-order valence-electron chi connectivity index (χ3n) is 5.74. The first-order valence-corrected chi connectivity index (χ1v) is 10.0. The fourth-order valence-corrected chi connectivity index (χ4v) is 4.35. The van der Waals surface area contributed by atoms with Crippen molar-refractivity contribution in [1.29, 1.82) is 0 Å². The van der Waals surface area contributed by atoms with Crippen LogP contribution in [0.3, 0.4) is 0 Å². The van der Waals surface area contributed by atoms with Crippen LogP contribution in [0.15, 0.2) is 47.5 Å². The summed E-state index contributed by atoms with van der Waals surface area (Å²) in [6, 6.07) is 14.4. The maximum absolute atomic E-state index is 11.7. The first-order valence-electron chi connectivity index (χ1n) is 10.0. The Morgan fingerprint density at radius 3 is 2.86 bits per heavy atom. The van der Waals surface area contributed by atoms with Crippen molar-refractivity contribution in [3.63, 3.8) is 0 Å². The molecule has 4 rings (SSSR count). The van der Waals surface area contributed by atoms with Gasteiger partial charge in [-0.3, -0.25) is 9.79 Å². The molecule has 1 amide bonds. The number of rotatable bonds is 4. The number of hydrogen-bond donors (Lipinski definition) is 2. The predicted octanol–water partition coefficient (Wildman–Crippen LogP) is 3.01. The topological polar surface area (TPSA) is 66.0 Å². The minimum Gasteiger partial charge on any atom is -0.492 e. The number of hydrogen-bond acceptors (Lipinski definition) is 3. The molecule has 6 nitrogen and oxygen atoms in total. The minimum absolute atomic E-state index is 0. The van der Waals surface area contributed by atoms with E-state index in [-0.39, 0.29) is 35.3 Å². The van der Waals surface area contributed by atoms with Gasteiger partial charge in [0, 0.05) is 38.5 Å². The van der Waals surface area contributed by atoms with E-state index < -0.39 is 0 Å². The monoisotopic (exact) mass is 508 g/mol. The predicted molar refractivity (Wildman–Crippen MR) is 127 cm³/mol. The van der Waals surface area contributed by atoms with Crippen LogP contribution in [-0.4, -0.2) is 56.6 Å². The number of ether oxygens (including phenoxy) is 1. The van der Waals surface area contributed by atoms with Crippen LogP contribution in [0, 0.1) is 5.41 Å². The van der Waals surface area contributed by atoms with Gasteiger partial charge in [0.2, 0.25) is 5.91 Å².